The van der Waals surface area contributed by atoms with Crippen molar-refractivity contribution in [2.75, 3.05) is 6.61 Å². The molecular formula is C15H17NO5. The second kappa shape index (κ2) is 5.23. The van der Waals surface area contributed by atoms with E-state index in [-0.39, 0.29) is 12.4 Å². The Labute approximate surface area is 121 Å². The van der Waals surface area contributed by atoms with Gasteiger partial charge in [-0.25, -0.2) is 0 Å². The number of ketones is 1. The zero-order chi connectivity index (χ0) is 15.1. The number of ether oxygens (including phenoxy) is 1. The molecular weight excluding hydrogens is 274 g/mol. The van der Waals surface area contributed by atoms with E-state index in [4.69, 9.17) is 4.74 Å². The third kappa shape index (κ3) is 2.36. The lowest BCUT2D eigenvalue weighted by Crippen LogP contribution is -2.50. The highest BCUT2D eigenvalue weighted by Crippen LogP contribution is 2.29. The number of benzene rings is 1. The summed E-state index contributed by atoms with van der Waals surface area (Å²) in [7, 11) is 0. The first-order chi connectivity index (χ1) is 9.99. The summed E-state index contributed by atoms with van der Waals surface area (Å²) in [5.74, 6) is -0.0165. The minimum atomic E-state index is -1.25. The Bertz CT molecular complexity index is 680. The predicted molar refractivity (Wildman–Crippen MR) is 75.0 cm³/mol. The van der Waals surface area contributed by atoms with Crippen LogP contribution in [0.5, 0.6) is 0 Å². The van der Waals surface area contributed by atoms with E-state index in [0.717, 1.165) is 10.9 Å². The molecule has 1 aromatic carbocycles. The van der Waals surface area contributed by atoms with Crippen LogP contribution >= 0.6 is 0 Å². The van der Waals surface area contributed by atoms with Gasteiger partial charge in [0.05, 0.1) is 12.1 Å². The fourth-order valence-electron chi connectivity index (χ4n) is 2.64. The molecule has 0 saturated carbocycles. The van der Waals surface area contributed by atoms with Crippen LogP contribution in [0.3, 0.4) is 0 Å². The van der Waals surface area contributed by atoms with Crippen molar-refractivity contribution in [3.8, 4) is 0 Å². The average molecular weight is 291 g/mol. The molecule has 1 aromatic heterocycles. The van der Waals surface area contributed by atoms with Crippen LogP contribution in [0, 0.1) is 0 Å². The molecule has 3 rings (SSSR count). The maximum atomic E-state index is 11.4. The lowest BCUT2D eigenvalue weighted by Gasteiger charge is -2.36. The van der Waals surface area contributed by atoms with E-state index in [1.165, 1.54) is 6.92 Å². The number of fused-ring (bicyclic) bond motifs is 1. The summed E-state index contributed by atoms with van der Waals surface area (Å²) in [4.78, 5) is 11.4. The van der Waals surface area contributed by atoms with Crippen molar-refractivity contribution in [2.45, 2.75) is 31.5 Å². The highest BCUT2D eigenvalue weighted by molar-refractivity contribution is 5.98. The van der Waals surface area contributed by atoms with Gasteiger partial charge in [-0.05, 0) is 31.2 Å². The molecule has 0 radical (unpaired) electrons. The van der Waals surface area contributed by atoms with Crippen LogP contribution < -0.4 is 0 Å². The minimum Gasteiger partial charge on any atom is -0.388 e. The van der Waals surface area contributed by atoms with Gasteiger partial charge < -0.3 is 24.6 Å². The monoisotopic (exact) mass is 291 g/mol. The number of hydrogen-bond donors (Lipinski definition) is 3. The molecule has 0 unspecified atom stereocenters. The zero-order valence-corrected chi connectivity index (χ0v) is 11.5. The van der Waals surface area contributed by atoms with Crippen molar-refractivity contribution in [1.82, 2.24) is 4.57 Å². The van der Waals surface area contributed by atoms with E-state index < -0.39 is 24.5 Å². The van der Waals surface area contributed by atoms with Crippen LogP contribution in [0.1, 0.15) is 23.5 Å². The molecule has 1 fully saturated rings. The lowest BCUT2D eigenvalue weighted by atomic mass is 10.0. The summed E-state index contributed by atoms with van der Waals surface area (Å²) in [5.41, 5.74) is 1.40. The number of aromatic nitrogens is 1. The molecule has 1 aliphatic heterocycles. The average Bonchev–Trinajstić information content (AvgIpc) is 2.88. The van der Waals surface area contributed by atoms with Crippen molar-refractivity contribution in [3.63, 3.8) is 0 Å². The van der Waals surface area contributed by atoms with E-state index in [9.17, 15) is 20.1 Å². The molecule has 3 N–H and O–H groups in total. The highest BCUT2D eigenvalue weighted by Gasteiger charge is 2.38. The van der Waals surface area contributed by atoms with Gasteiger partial charge >= 0.3 is 0 Å². The number of hydrogen-bond acceptors (Lipinski definition) is 5. The molecule has 112 valence electrons. The number of rotatable bonds is 2. The summed E-state index contributed by atoms with van der Waals surface area (Å²) in [6.45, 7) is 1.46. The first-order valence-corrected chi connectivity index (χ1v) is 6.76. The van der Waals surface area contributed by atoms with Gasteiger partial charge in [-0.3, -0.25) is 4.79 Å². The fraction of sp³-hybridized carbons (Fsp3) is 0.400. The largest absolute Gasteiger partial charge is 0.388 e. The number of carbonyl (C=O) groups excluding carboxylic acids is 1. The molecule has 1 saturated heterocycles. The molecule has 0 bridgehead atoms. The molecule has 4 atom stereocenters. The van der Waals surface area contributed by atoms with E-state index in [0.29, 0.717) is 5.56 Å². The van der Waals surface area contributed by atoms with Crippen molar-refractivity contribution in [1.29, 1.82) is 0 Å². The number of carbonyl (C=O) groups is 1. The molecule has 0 aliphatic carbocycles. The molecule has 6 heteroatoms. The van der Waals surface area contributed by atoms with Crippen LogP contribution in [0.4, 0.5) is 0 Å². The van der Waals surface area contributed by atoms with Crippen LogP contribution in [0.2, 0.25) is 0 Å². The van der Waals surface area contributed by atoms with Crippen LogP contribution in [-0.4, -0.2) is 50.6 Å². The van der Waals surface area contributed by atoms with Crippen LogP contribution in [0.25, 0.3) is 10.9 Å². The molecule has 0 spiro atoms. The van der Waals surface area contributed by atoms with E-state index in [1.54, 1.807) is 29.0 Å². The standard InChI is InChI=1S/C15H17NO5/c1-8(17)9-2-3-11-10(6-9)4-5-16(11)15-14(20)13(19)12(18)7-21-15/h2-6,12-15,18-20H,7H2,1H3/t12-,13-,14+,15+/m0/s1. The van der Waals surface area contributed by atoms with Crippen molar-refractivity contribution in [2.24, 2.45) is 0 Å². The number of nitrogens with zero attached hydrogens (tertiary/aromatic N) is 1. The van der Waals surface area contributed by atoms with Crippen molar-refractivity contribution in [3.05, 3.63) is 36.0 Å². The molecule has 6 nitrogen and oxygen atoms in total. The Balaban J connectivity index is 1.99. The Morgan fingerprint density at radius 2 is 2.00 bits per heavy atom. The second-order valence-electron chi connectivity index (χ2n) is 5.33. The fourth-order valence-corrected chi connectivity index (χ4v) is 2.64. The predicted octanol–water partition coefficient (Wildman–Crippen LogP) is 0.455. The highest BCUT2D eigenvalue weighted by atomic mass is 16.5. The Morgan fingerprint density at radius 1 is 1.24 bits per heavy atom. The SMILES string of the molecule is CC(=O)c1ccc2c(ccn2[C@@H]2OC[C@H](O)[C@H](O)[C@H]2O)c1. The third-order valence-electron chi connectivity index (χ3n) is 3.88. The van der Waals surface area contributed by atoms with Crippen molar-refractivity contribution < 1.29 is 24.9 Å². The number of aliphatic hydroxyl groups excluding tert-OH is 3. The Morgan fingerprint density at radius 3 is 2.71 bits per heavy atom. The summed E-state index contributed by atoms with van der Waals surface area (Å²) in [6.07, 6.45) is -2.62. The van der Waals surface area contributed by atoms with Gasteiger partial charge in [0.1, 0.15) is 18.3 Å². The topological polar surface area (TPSA) is 91.9 Å². The lowest BCUT2D eigenvalue weighted by molar-refractivity contribution is -0.209. The first-order valence-electron chi connectivity index (χ1n) is 6.76. The van der Waals surface area contributed by atoms with E-state index >= 15 is 0 Å². The molecule has 2 aromatic rings. The zero-order valence-electron chi connectivity index (χ0n) is 11.5. The van der Waals surface area contributed by atoms with Crippen LogP contribution in [0.15, 0.2) is 30.5 Å². The smallest absolute Gasteiger partial charge is 0.162 e. The Kier molecular flexibility index (Phi) is 3.54. The maximum absolute atomic E-state index is 11.4. The van der Waals surface area contributed by atoms with Gasteiger partial charge in [0, 0.05) is 17.1 Å². The van der Waals surface area contributed by atoms with Crippen LogP contribution in [-0.2, 0) is 4.74 Å². The van der Waals surface area contributed by atoms with Gasteiger partial charge in [-0.15, -0.1) is 0 Å². The number of Topliss-reactive ketones (excluding diaryl/α,β-unsaturated/α-hetero) is 1. The molecule has 1 aliphatic rings. The summed E-state index contributed by atoms with van der Waals surface area (Å²) >= 11 is 0. The molecule has 21 heavy (non-hydrogen) atoms. The molecule has 2 heterocycles. The van der Waals surface area contributed by atoms with Gasteiger partial charge in [0.2, 0.25) is 0 Å². The van der Waals surface area contributed by atoms with Gasteiger partial charge in [0.15, 0.2) is 12.0 Å². The minimum absolute atomic E-state index is 0.0165. The quantitative estimate of drug-likeness (QED) is 0.699. The van der Waals surface area contributed by atoms with E-state index in [1.807, 2.05) is 6.07 Å². The first kappa shape index (κ1) is 14.2. The van der Waals surface area contributed by atoms with Crippen molar-refractivity contribution >= 4 is 16.7 Å². The van der Waals surface area contributed by atoms with Gasteiger partial charge in [0.25, 0.3) is 0 Å². The second-order valence-corrected chi connectivity index (χ2v) is 5.33. The Hall–Kier alpha value is -1.73. The third-order valence-corrected chi connectivity index (χ3v) is 3.88. The van der Waals surface area contributed by atoms with Gasteiger partial charge in [-0.1, -0.05) is 0 Å². The maximum Gasteiger partial charge on any atom is 0.162 e. The van der Waals surface area contributed by atoms with E-state index in [2.05, 4.69) is 0 Å². The number of aliphatic hydroxyl groups is 3. The summed E-state index contributed by atoms with van der Waals surface area (Å²) in [6, 6.07) is 7.07. The normalized spacial score (nSPS) is 29.7. The summed E-state index contributed by atoms with van der Waals surface area (Å²) < 4.78 is 7.13. The summed E-state index contributed by atoms with van der Waals surface area (Å²) in [5, 5.41) is 30.2. The van der Waals surface area contributed by atoms with Gasteiger partial charge in [-0.2, -0.15) is 0 Å². The molecule has 0 amide bonds.